The van der Waals surface area contributed by atoms with Crippen molar-refractivity contribution in [3.05, 3.63) is 0 Å². The van der Waals surface area contributed by atoms with Crippen molar-refractivity contribution < 1.29 is 73.9 Å². The number of hydrogen-bond donors (Lipinski definition) is 0. The molecular weight excluding hydrogens is 297 g/mol. The summed E-state index contributed by atoms with van der Waals surface area (Å²) in [6.07, 6.45) is 0.936. The summed E-state index contributed by atoms with van der Waals surface area (Å²) < 4.78 is 43.8. The molecule has 0 N–H and O–H groups in total. The van der Waals surface area contributed by atoms with Crippen LogP contribution in [0.2, 0.25) is 5.82 Å². The molecular formula is C12H20BF3KNO2. The summed E-state index contributed by atoms with van der Waals surface area (Å²) in [6, 6.07) is -0.607. The van der Waals surface area contributed by atoms with E-state index in [1.807, 2.05) is 0 Å². The number of carbonyl (C=O) groups is 1. The van der Waals surface area contributed by atoms with Crippen LogP contribution in [-0.4, -0.2) is 35.7 Å². The first-order chi connectivity index (χ1) is 8.58. The second-order valence-corrected chi connectivity index (χ2v) is 6.63. The van der Waals surface area contributed by atoms with E-state index in [1.165, 1.54) is 0 Å². The molecule has 20 heavy (non-hydrogen) atoms. The van der Waals surface area contributed by atoms with E-state index in [-0.39, 0.29) is 76.3 Å². The number of hydrogen-bond acceptors (Lipinski definition) is 2. The monoisotopic (exact) mass is 317 g/mol. The molecule has 2 bridgehead atoms. The minimum absolute atomic E-state index is 0. The maximum atomic E-state index is 12.8. The molecule has 1 unspecified atom stereocenters. The van der Waals surface area contributed by atoms with Crippen LogP contribution >= 0.6 is 0 Å². The SMILES string of the molecule is CC(C)(C)OC(=O)N1[C@@H]2CC[C@H]1CC([B-](F)(F)F)C2.[K+]. The fourth-order valence-corrected chi connectivity index (χ4v) is 3.14. The minimum atomic E-state index is -4.80. The van der Waals surface area contributed by atoms with E-state index in [0.717, 1.165) is 0 Å². The summed E-state index contributed by atoms with van der Waals surface area (Å²) in [7, 11) is 0. The van der Waals surface area contributed by atoms with Gasteiger partial charge in [0.15, 0.2) is 0 Å². The van der Waals surface area contributed by atoms with Gasteiger partial charge in [0.25, 0.3) is 0 Å². The van der Waals surface area contributed by atoms with Gasteiger partial charge in [0, 0.05) is 12.1 Å². The zero-order chi connectivity index (χ0) is 14.4. The van der Waals surface area contributed by atoms with Crippen LogP contribution in [0.1, 0.15) is 46.5 Å². The van der Waals surface area contributed by atoms with E-state index in [2.05, 4.69) is 0 Å². The Morgan fingerprint density at radius 2 is 1.60 bits per heavy atom. The largest absolute Gasteiger partial charge is 1.00 e. The van der Waals surface area contributed by atoms with Gasteiger partial charge in [0.2, 0.25) is 0 Å². The van der Waals surface area contributed by atoms with Crippen molar-refractivity contribution in [2.24, 2.45) is 0 Å². The first kappa shape index (κ1) is 18.8. The number of piperidine rings is 1. The molecule has 3 nitrogen and oxygen atoms in total. The van der Waals surface area contributed by atoms with Gasteiger partial charge in [-0.25, -0.2) is 4.79 Å². The van der Waals surface area contributed by atoms with Gasteiger partial charge in [-0.2, -0.15) is 0 Å². The van der Waals surface area contributed by atoms with Gasteiger partial charge in [-0.1, -0.05) is 18.7 Å². The number of carbonyl (C=O) groups excluding carboxylic acids is 1. The molecule has 2 fully saturated rings. The Hall–Kier alpha value is 0.761. The van der Waals surface area contributed by atoms with Gasteiger partial charge in [0.1, 0.15) is 5.60 Å². The smallest absolute Gasteiger partial charge is 0.449 e. The number of halogens is 3. The average Bonchev–Trinajstić information content (AvgIpc) is 2.45. The molecule has 0 aromatic carbocycles. The fraction of sp³-hybridized carbons (Fsp3) is 0.917. The van der Waals surface area contributed by atoms with E-state index in [9.17, 15) is 17.7 Å². The van der Waals surface area contributed by atoms with Crippen LogP contribution in [-0.2, 0) is 4.74 Å². The molecule has 2 aliphatic heterocycles. The normalized spacial score (nSPS) is 29.9. The van der Waals surface area contributed by atoms with Gasteiger partial charge in [-0.3, -0.25) is 0 Å². The predicted molar refractivity (Wildman–Crippen MR) is 66.9 cm³/mol. The van der Waals surface area contributed by atoms with Gasteiger partial charge in [-0.05, 0) is 33.6 Å². The Kier molecular flexibility index (Phi) is 6.09. The van der Waals surface area contributed by atoms with Crippen LogP contribution in [0.3, 0.4) is 0 Å². The first-order valence-electron chi connectivity index (χ1n) is 6.79. The van der Waals surface area contributed by atoms with E-state index in [0.29, 0.717) is 12.8 Å². The molecule has 2 heterocycles. The van der Waals surface area contributed by atoms with Crippen molar-refractivity contribution in [2.45, 2.75) is 70.0 Å². The third-order valence-corrected chi connectivity index (χ3v) is 3.91. The van der Waals surface area contributed by atoms with E-state index in [4.69, 9.17) is 4.74 Å². The number of amides is 1. The summed E-state index contributed by atoms with van der Waals surface area (Å²) in [6.45, 7) is 0.488. The molecule has 0 saturated carbocycles. The number of fused-ring (bicyclic) bond motifs is 2. The maximum Gasteiger partial charge on any atom is 1.00 e. The summed E-state index contributed by atoms with van der Waals surface area (Å²) in [5, 5.41) is 0. The van der Waals surface area contributed by atoms with Crippen molar-refractivity contribution in [3.8, 4) is 0 Å². The minimum Gasteiger partial charge on any atom is -0.449 e. The van der Waals surface area contributed by atoms with Crippen LogP contribution in [0.15, 0.2) is 0 Å². The van der Waals surface area contributed by atoms with Crippen molar-refractivity contribution in [1.82, 2.24) is 4.90 Å². The van der Waals surface area contributed by atoms with Crippen LogP contribution in [0.5, 0.6) is 0 Å². The molecule has 2 saturated heterocycles. The second-order valence-electron chi connectivity index (χ2n) is 6.63. The Morgan fingerprint density at radius 3 is 1.95 bits per heavy atom. The number of nitrogens with zero attached hydrogens (tertiary/aromatic N) is 1. The number of rotatable bonds is 1. The second kappa shape index (κ2) is 6.48. The van der Waals surface area contributed by atoms with Gasteiger partial charge in [-0.15, -0.1) is 0 Å². The van der Waals surface area contributed by atoms with Gasteiger partial charge < -0.3 is 22.6 Å². The third kappa shape index (κ3) is 4.38. The molecule has 3 atom stereocenters. The molecule has 110 valence electrons. The average molecular weight is 317 g/mol. The van der Waals surface area contributed by atoms with Gasteiger partial charge in [0.05, 0.1) is 0 Å². The zero-order valence-corrected chi connectivity index (χ0v) is 15.7. The molecule has 0 aromatic rings. The Bertz CT molecular complexity index is 359. The fourth-order valence-electron chi connectivity index (χ4n) is 3.14. The Labute approximate surface area is 160 Å². The molecule has 2 rings (SSSR count). The summed E-state index contributed by atoms with van der Waals surface area (Å²) in [5.74, 6) is -1.21. The van der Waals surface area contributed by atoms with Crippen LogP contribution in [0.4, 0.5) is 17.7 Å². The van der Waals surface area contributed by atoms with Crippen molar-refractivity contribution in [3.63, 3.8) is 0 Å². The van der Waals surface area contributed by atoms with E-state index in [1.54, 1.807) is 25.7 Å². The summed E-state index contributed by atoms with van der Waals surface area (Å²) >= 11 is 0. The van der Waals surface area contributed by atoms with E-state index >= 15 is 0 Å². The molecule has 0 spiro atoms. The number of ether oxygens (including phenoxy) is 1. The first-order valence-corrected chi connectivity index (χ1v) is 6.79. The Balaban J connectivity index is 0.00000200. The molecule has 2 aliphatic rings. The maximum absolute atomic E-state index is 12.8. The van der Waals surface area contributed by atoms with Crippen LogP contribution in [0.25, 0.3) is 0 Å². The third-order valence-electron chi connectivity index (χ3n) is 3.91. The summed E-state index contributed by atoms with van der Waals surface area (Å²) in [4.78, 5) is 13.6. The standard InChI is InChI=1S/C12H20BF3NO2.K/c1-12(2,3)19-11(18)17-9-4-5-10(17)7-8(6-9)13(14,15)16;/h8-10H,4-7H2,1-3H3;/q-1;+1/t8?,9-,10+;. The molecule has 8 heteroatoms. The van der Waals surface area contributed by atoms with Crippen molar-refractivity contribution in [2.75, 3.05) is 0 Å². The Morgan fingerprint density at radius 1 is 1.15 bits per heavy atom. The van der Waals surface area contributed by atoms with Crippen LogP contribution < -0.4 is 51.4 Å². The predicted octanol–water partition coefficient (Wildman–Crippen LogP) is 0.770. The van der Waals surface area contributed by atoms with Gasteiger partial charge >= 0.3 is 64.5 Å². The zero-order valence-electron chi connectivity index (χ0n) is 12.5. The van der Waals surface area contributed by atoms with Crippen molar-refractivity contribution >= 4 is 13.1 Å². The van der Waals surface area contributed by atoms with Crippen LogP contribution in [0, 0.1) is 0 Å². The quantitative estimate of drug-likeness (QED) is 0.669. The summed E-state index contributed by atoms with van der Waals surface area (Å²) in [5.41, 5.74) is -0.610. The molecule has 1 amide bonds. The molecule has 0 radical (unpaired) electrons. The topological polar surface area (TPSA) is 29.5 Å². The van der Waals surface area contributed by atoms with Crippen molar-refractivity contribution in [1.29, 1.82) is 0 Å². The molecule has 0 aliphatic carbocycles. The molecule has 0 aromatic heterocycles. The van der Waals surface area contributed by atoms with E-state index < -0.39 is 24.5 Å².